The van der Waals surface area contributed by atoms with E-state index in [4.69, 9.17) is 24.1 Å². The minimum Gasteiger partial charge on any atom is -0.394 e. The highest BCUT2D eigenvalue weighted by Gasteiger charge is 2.55. The number of fused-ring (bicyclic) bond motifs is 1. The number of hydrogen-bond donors (Lipinski definition) is 3. The van der Waals surface area contributed by atoms with Gasteiger partial charge in [-0.1, -0.05) is 0 Å². The predicted octanol–water partition coefficient (Wildman–Crippen LogP) is -1.45. The fourth-order valence-corrected chi connectivity index (χ4v) is 2.09. The zero-order valence-electron chi connectivity index (χ0n) is 9.78. The van der Waals surface area contributed by atoms with Crippen LogP contribution < -0.4 is 0 Å². The summed E-state index contributed by atoms with van der Waals surface area (Å²) in [5, 5.41) is 28.5. The molecule has 100 valence electrons. The second kappa shape index (κ2) is 4.77. The molecule has 0 radical (unpaired) electrons. The van der Waals surface area contributed by atoms with Crippen LogP contribution in [0.15, 0.2) is 0 Å². The zero-order chi connectivity index (χ0) is 12.6. The summed E-state index contributed by atoms with van der Waals surface area (Å²) in [7, 11) is 0. The molecule has 0 aliphatic carbocycles. The van der Waals surface area contributed by atoms with Gasteiger partial charge in [-0.05, 0) is 6.92 Å². The predicted molar refractivity (Wildman–Crippen MR) is 53.7 cm³/mol. The van der Waals surface area contributed by atoms with E-state index < -0.39 is 43.3 Å². The normalized spacial score (nSPS) is 50.3. The van der Waals surface area contributed by atoms with Crippen LogP contribution in [0.3, 0.4) is 0 Å². The van der Waals surface area contributed by atoms with Crippen molar-refractivity contribution in [3.8, 4) is 0 Å². The van der Waals surface area contributed by atoms with E-state index in [1.165, 1.54) is 0 Å². The molecule has 2 fully saturated rings. The maximum Gasteiger partial charge on any atom is 0.282 e. The number of ether oxygens (including phenoxy) is 4. The van der Waals surface area contributed by atoms with Crippen LogP contribution >= 0.6 is 0 Å². The first-order valence-corrected chi connectivity index (χ1v) is 5.63. The average molecular weight is 250 g/mol. The Morgan fingerprint density at radius 3 is 2.53 bits per heavy atom. The van der Waals surface area contributed by atoms with E-state index in [0.717, 1.165) is 0 Å². The summed E-state index contributed by atoms with van der Waals surface area (Å²) >= 11 is 0. The van der Waals surface area contributed by atoms with Crippen LogP contribution in [0.5, 0.6) is 0 Å². The van der Waals surface area contributed by atoms with Crippen LogP contribution in [0, 0.1) is 0 Å². The highest BCUT2D eigenvalue weighted by Crippen LogP contribution is 2.36. The maximum absolute atomic E-state index is 9.85. The van der Waals surface area contributed by atoms with Crippen LogP contribution in [0.25, 0.3) is 0 Å². The summed E-state index contributed by atoms with van der Waals surface area (Å²) in [5.41, 5.74) is 0. The van der Waals surface area contributed by atoms with E-state index in [-0.39, 0.29) is 0 Å². The SMILES string of the molecule is CCOC1(C)O[C@H]2O[C@H](CO)[C@H](O)[C@H](O)[C@H]2O1. The van der Waals surface area contributed by atoms with E-state index >= 15 is 0 Å². The number of rotatable bonds is 3. The van der Waals surface area contributed by atoms with Gasteiger partial charge < -0.3 is 29.5 Å². The molecule has 0 aromatic rings. The number of hydrogen-bond acceptors (Lipinski definition) is 7. The molecule has 6 atom stereocenters. The standard InChI is InChI=1S/C10H18O7/c1-3-14-10(2)16-8-7(13)6(12)5(4-11)15-9(8)17-10/h5-9,11-13H,3-4H2,1-2H3/t5-,6+,7+,8-,9-,10?/m1/s1. The second-order valence-corrected chi connectivity index (χ2v) is 4.20. The van der Waals surface area contributed by atoms with Gasteiger partial charge in [0.15, 0.2) is 6.29 Å². The summed E-state index contributed by atoms with van der Waals surface area (Å²) in [4.78, 5) is 0. The third-order valence-electron chi connectivity index (χ3n) is 2.91. The first-order chi connectivity index (χ1) is 8.00. The molecule has 2 aliphatic rings. The molecule has 7 heteroatoms. The van der Waals surface area contributed by atoms with E-state index in [1.54, 1.807) is 13.8 Å². The minimum absolute atomic E-state index is 0.373. The van der Waals surface area contributed by atoms with Crippen molar-refractivity contribution in [2.45, 2.75) is 50.5 Å². The van der Waals surface area contributed by atoms with Crippen molar-refractivity contribution in [3.63, 3.8) is 0 Å². The van der Waals surface area contributed by atoms with Crippen LogP contribution in [-0.2, 0) is 18.9 Å². The molecule has 0 spiro atoms. The summed E-state index contributed by atoms with van der Waals surface area (Å²) in [6.45, 7) is 3.31. The van der Waals surface area contributed by atoms with Crippen LogP contribution in [0.2, 0.25) is 0 Å². The van der Waals surface area contributed by atoms with Gasteiger partial charge in [-0.3, -0.25) is 4.74 Å². The summed E-state index contributed by atoms with van der Waals surface area (Å²) < 4.78 is 21.4. The summed E-state index contributed by atoms with van der Waals surface area (Å²) in [6.07, 6.45) is -4.98. The number of aliphatic hydroxyl groups is 3. The molecule has 0 amide bonds. The van der Waals surface area contributed by atoms with Crippen LogP contribution in [0.1, 0.15) is 13.8 Å². The van der Waals surface area contributed by atoms with Crippen molar-refractivity contribution < 1.29 is 34.3 Å². The quantitative estimate of drug-likeness (QED) is 0.563. The molecule has 2 aliphatic heterocycles. The molecule has 0 aromatic heterocycles. The largest absolute Gasteiger partial charge is 0.394 e. The molecule has 17 heavy (non-hydrogen) atoms. The Kier molecular flexibility index (Phi) is 3.69. The van der Waals surface area contributed by atoms with E-state index in [2.05, 4.69) is 0 Å². The van der Waals surface area contributed by atoms with E-state index in [0.29, 0.717) is 6.61 Å². The van der Waals surface area contributed by atoms with Gasteiger partial charge in [0.25, 0.3) is 5.97 Å². The Morgan fingerprint density at radius 2 is 1.94 bits per heavy atom. The lowest BCUT2D eigenvalue weighted by Crippen LogP contribution is -2.57. The molecule has 3 N–H and O–H groups in total. The fourth-order valence-electron chi connectivity index (χ4n) is 2.09. The van der Waals surface area contributed by atoms with Crippen LogP contribution in [0.4, 0.5) is 0 Å². The van der Waals surface area contributed by atoms with Crippen molar-refractivity contribution in [1.29, 1.82) is 0 Å². The highest BCUT2D eigenvalue weighted by molar-refractivity contribution is 4.93. The Hall–Kier alpha value is -0.280. The molecule has 1 unspecified atom stereocenters. The molecular formula is C10H18O7. The van der Waals surface area contributed by atoms with Crippen molar-refractivity contribution in [3.05, 3.63) is 0 Å². The van der Waals surface area contributed by atoms with Gasteiger partial charge in [-0.2, -0.15) is 0 Å². The molecule has 0 saturated carbocycles. The lowest BCUT2D eigenvalue weighted by Gasteiger charge is -2.36. The van der Waals surface area contributed by atoms with Gasteiger partial charge in [0.2, 0.25) is 0 Å². The molecule has 7 nitrogen and oxygen atoms in total. The maximum atomic E-state index is 9.85. The lowest BCUT2D eigenvalue weighted by atomic mass is 9.99. The highest BCUT2D eigenvalue weighted by atomic mass is 16.9. The van der Waals surface area contributed by atoms with Crippen molar-refractivity contribution in [1.82, 2.24) is 0 Å². The molecule has 0 bridgehead atoms. The van der Waals surface area contributed by atoms with E-state index in [9.17, 15) is 10.2 Å². The average Bonchev–Trinajstić information content (AvgIpc) is 2.61. The van der Waals surface area contributed by atoms with Gasteiger partial charge >= 0.3 is 0 Å². The second-order valence-electron chi connectivity index (χ2n) is 4.20. The van der Waals surface area contributed by atoms with Crippen molar-refractivity contribution in [2.24, 2.45) is 0 Å². The molecular weight excluding hydrogens is 232 g/mol. The van der Waals surface area contributed by atoms with Crippen molar-refractivity contribution in [2.75, 3.05) is 13.2 Å². The van der Waals surface area contributed by atoms with Crippen LogP contribution in [-0.4, -0.2) is 65.2 Å². The Bertz CT molecular complexity index is 273. The van der Waals surface area contributed by atoms with Gasteiger partial charge in [-0.25, -0.2) is 0 Å². The first-order valence-electron chi connectivity index (χ1n) is 5.63. The lowest BCUT2D eigenvalue weighted by molar-refractivity contribution is -0.342. The monoisotopic (exact) mass is 250 g/mol. The van der Waals surface area contributed by atoms with Crippen molar-refractivity contribution >= 4 is 0 Å². The van der Waals surface area contributed by atoms with Gasteiger partial charge in [-0.15, -0.1) is 0 Å². The Balaban J connectivity index is 2.09. The Labute approximate surface area is 98.8 Å². The first kappa shape index (κ1) is 13.2. The Morgan fingerprint density at radius 1 is 1.24 bits per heavy atom. The minimum atomic E-state index is -1.30. The molecule has 2 heterocycles. The molecule has 2 saturated heterocycles. The fraction of sp³-hybridized carbons (Fsp3) is 1.00. The van der Waals surface area contributed by atoms with Gasteiger partial charge in [0.05, 0.1) is 6.61 Å². The smallest absolute Gasteiger partial charge is 0.282 e. The summed E-state index contributed by atoms with van der Waals surface area (Å²) in [5.74, 6) is -1.30. The summed E-state index contributed by atoms with van der Waals surface area (Å²) in [6, 6.07) is 0. The molecule has 0 aromatic carbocycles. The molecule has 2 rings (SSSR count). The zero-order valence-corrected chi connectivity index (χ0v) is 9.78. The van der Waals surface area contributed by atoms with E-state index in [1.807, 2.05) is 0 Å². The third-order valence-corrected chi connectivity index (χ3v) is 2.91. The number of aliphatic hydroxyl groups excluding tert-OH is 3. The topological polar surface area (TPSA) is 97.6 Å². The van der Waals surface area contributed by atoms with Gasteiger partial charge in [0, 0.05) is 13.5 Å². The van der Waals surface area contributed by atoms with Gasteiger partial charge in [0.1, 0.15) is 24.4 Å². The third kappa shape index (κ3) is 2.32.